The molecule has 2 atom stereocenters. The van der Waals surface area contributed by atoms with Crippen molar-refractivity contribution in [1.29, 1.82) is 0 Å². The molecule has 6 nitrogen and oxygen atoms in total. The minimum atomic E-state index is -0.133. The van der Waals surface area contributed by atoms with Gasteiger partial charge in [-0.15, -0.1) is 0 Å². The number of carbonyl (C=O) groups excluding carboxylic acids is 3. The van der Waals surface area contributed by atoms with Gasteiger partial charge in [-0.2, -0.15) is 0 Å². The first-order valence-electron chi connectivity index (χ1n) is 8.47. The summed E-state index contributed by atoms with van der Waals surface area (Å²) in [5.74, 6) is -0.101. The first kappa shape index (κ1) is 15.3. The van der Waals surface area contributed by atoms with Gasteiger partial charge in [-0.1, -0.05) is 19.3 Å². The Kier molecular flexibility index (Phi) is 4.64. The second kappa shape index (κ2) is 6.67. The number of hydrogen-bond donors (Lipinski definition) is 1. The van der Waals surface area contributed by atoms with Crippen molar-refractivity contribution in [3.05, 3.63) is 0 Å². The number of piperazine rings is 1. The summed E-state index contributed by atoms with van der Waals surface area (Å²) in [4.78, 5) is 38.8. The zero-order chi connectivity index (χ0) is 15.5. The zero-order valence-electron chi connectivity index (χ0n) is 13.0. The van der Waals surface area contributed by atoms with Crippen LogP contribution in [0.3, 0.4) is 0 Å². The van der Waals surface area contributed by atoms with Gasteiger partial charge in [0.05, 0.1) is 11.8 Å². The van der Waals surface area contributed by atoms with Crippen molar-refractivity contribution in [3.63, 3.8) is 0 Å². The van der Waals surface area contributed by atoms with E-state index in [-0.39, 0.29) is 23.7 Å². The van der Waals surface area contributed by atoms with Gasteiger partial charge in [-0.25, -0.2) is 0 Å². The van der Waals surface area contributed by atoms with Gasteiger partial charge in [-0.05, 0) is 19.3 Å². The van der Waals surface area contributed by atoms with Crippen molar-refractivity contribution in [3.8, 4) is 0 Å². The van der Waals surface area contributed by atoms with Crippen LogP contribution in [0.5, 0.6) is 0 Å². The predicted octanol–water partition coefficient (Wildman–Crippen LogP) is 0.372. The van der Waals surface area contributed by atoms with Crippen LogP contribution >= 0.6 is 0 Å². The molecule has 22 heavy (non-hydrogen) atoms. The smallest absolute Gasteiger partial charge is 0.226 e. The van der Waals surface area contributed by atoms with E-state index in [0.717, 1.165) is 19.3 Å². The average Bonchev–Trinajstić information content (AvgIpc) is 3.36. The van der Waals surface area contributed by atoms with E-state index in [4.69, 9.17) is 0 Å². The average molecular weight is 307 g/mol. The first-order valence-corrected chi connectivity index (χ1v) is 8.47. The molecule has 0 spiro atoms. The molecule has 3 rings (SSSR count). The topological polar surface area (TPSA) is 69.7 Å². The van der Waals surface area contributed by atoms with E-state index < -0.39 is 0 Å². The molecule has 1 heterocycles. The fraction of sp³-hybridized carbons (Fsp3) is 0.812. The molecule has 2 aliphatic carbocycles. The SMILES string of the molecule is O=CN1CCN(C(=O)C2CC2C(=O)NC2CCCCC2)CC1. The number of nitrogens with zero attached hydrogens (tertiary/aromatic N) is 2. The summed E-state index contributed by atoms with van der Waals surface area (Å²) in [7, 11) is 0. The van der Waals surface area contributed by atoms with E-state index >= 15 is 0 Å². The second-order valence-corrected chi connectivity index (χ2v) is 6.76. The van der Waals surface area contributed by atoms with Gasteiger partial charge in [0.1, 0.15) is 0 Å². The maximum atomic E-state index is 12.4. The molecular weight excluding hydrogens is 282 g/mol. The zero-order valence-corrected chi connectivity index (χ0v) is 13.0. The number of hydrogen-bond acceptors (Lipinski definition) is 3. The summed E-state index contributed by atoms with van der Waals surface area (Å²) in [5.41, 5.74) is 0. The van der Waals surface area contributed by atoms with Crippen LogP contribution in [0, 0.1) is 11.8 Å². The van der Waals surface area contributed by atoms with E-state index in [2.05, 4.69) is 5.32 Å². The van der Waals surface area contributed by atoms with Gasteiger partial charge < -0.3 is 15.1 Å². The lowest BCUT2D eigenvalue weighted by Gasteiger charge is -2.32. The largest absolute Gasteiger partial charge is 0.353 e. The minimum Gasteiger partial charge on any atom is -0.353 e. The second-order valence-electron chi connectivity index (χ2n) is 6.76. The Balaban J connectivity index is 1.44. The molecule has 3 amide bonds. The summed E-state index contributed by atoms with van der Waals surface area (Å²) < 4.78 is 0. The molecule has 6 heteroatoms. The van der Waals surface area contributed by atoms with Crippen LogP contribution in [0.2, 0.25) is 0 Å². The third-order valence-corrected chi connectivity index (χ3v) is 5.17. The van der Waals surface area contributed by atoms with Crippen LogP contribution < -0.4 is 5.32 Å². The van der Waals surface area contributed by atoms with Gasteiger partial charge in [-0.3, -0.25) is 14.4 Å². The minimum absolute atomic E-state index is 0.0665. The maximum Gasteiger partial charge on any atom is 0.226 e. The highest BCUT2D eigenvalue weighted by Crippen LogP contribution is 2.40. The highest BCUT2D eigenvalue weighted by Gasteiger charge is 2.50. The fourth-order valence-corrected chi connectivity index (χ4v) is 3.60. The van der Waals surface area contributed by atoms with Crippen LogP contribution in [-0.2, 0) is 14.4 Å². The molecule has 0 aromatic carbocycles. The third kappa shape index (κ3) is 3.42. The van der Waals surface area contributed by atoms with E-state index in [1.54, 1.807) is 9.80 Å². The Labute approximate surface area is 131 Å². The summed E-state index contributed by atoms with van der Waals surface area (Å²) in [5, 5.41) is 3.12. The summed E-state index contributed by atoms with van der Waals surface area (Å²) in [6, 6.07) is 0.314. The highest BCUT2D eigenvalue weighted by molar-refractivity contribution is 5.92. The number of rotatable bonds is 4. The van der Waals surface area contributed by atoms with Gasteiger partial charge in [0.15, 0.2) is 0 Å². The molecule has 3 aliphatic rings. The number of carbonyl (C=O) groups is 3. The summed E-state index contributed by atoms with van der Waals surface area (Å²) >= 11 is 0. The van der Waals surface area contributed by atoms with Crippen molar-refractivity contribution in [2.24, 2.45) is 11.8 Å². The molecule has 0 aromatic rings. The van der Waals surface area contributed by atoms with Crippen molar-refractivity contribution in [1.82, 2.24) is 15.1 Å². The van der Waals surface area contributed by atoms with Gasteiger partial charge in [0.25, 0.3) is 0 Å². The van der Waals surface area contributed by atoms with E-state index in [1.807, 2.05) is 0 Å². The molecule has 1 saturated heterocycles. The number of amides is 3. The first-order chi connectivity index (χ1) is 10.7. The molecule has 122 valence electrons. The van der Waals surface area contributed by atoms with Crippen LogP contribution in [0.1, 0.15) is 38.5 Å². The van der Waals surface area contributed by atoms with Gasteiger partial charge in [0, 0.05) is 32.2 Å². The maximum absolute atomic E-state index is 12.4. The lowest BCUT2D eigenvalue weighted by molar-refractivity contribution is -0.137. The summed E-state index contributed by atoms with van der Waals surface area (Å²) in [6.45, 7) is 2.37. The molecule has 0 aromatic heterocycles. The van der Waals surface area contributed by atoms with Crippen molar-refractivity contribution in [2.45, 2.75) is 44.6 Å². The van der Waals surface area contributed by atoms with E-state index in [0.29, 0.717) is 38.6 Å². The Morgan fingerprint density at radius 3 is 2.27 bits per heavy atom. The fourth-order valence-electron chi connectivity index (χ4n) is 3.60. The van der Waals surface area contributed by atoms with Crippen LogP contribution in [0.25, 0.3) is 0 Å². The monoisotopic (exact) mass is 307 g/mol. The Hall–Kier alpha value is -1.59. The molecule has 0 radical (unpaired) electrons. The Morgan fingerprint density at radius 2 is 1.64 bits per heavy atom. The van der Waals surface area contributed by atoms with Crippen molar-refractivity contribution >= 4 is 18.2 Å². The van der Waals surface area contributed by atoms with E-state index in [1.165, 1.54) is 19.3 Å². The molecule has 1 aliphatic heterocycles. The molecule has 2 unspecified atom stereocenters. The standard InChI is InChI=1S/C16H25N3O3/c20-11-18-6-8-19(9-7-18)16(22)14-10-13(14)15(21)17-12-4-2-1-3-5-12/h11-14H,1-10H2,(H,17,21). The normalized spacial score (nSPS) is 29.1. The van der Waals surface area contributed by atoms with E-state index in [9.17, 15) is 14.4 Å². The highest BCUT2D eigenvalue weighted by atomic mass is 16.2. The summed E-state index contributed by atoms with van der Waals surface area (Å²) in [6.07, 6.45) is 7.32. The Morgan fingerprint density at radius 1 is 0.955 bits per heavy atom. The molecule has 2 saturated carbocycles. The van der Waals surface area contributed by atoms with Crippen molar-refractivity contribution in [2.75, 3.05) is 26.2 Å². The van der Waals surface area contributed by atoms with Crippen LogP contribution in [0.4, 0.5) is 0 Å². The van der Waals surface area contributed by atoms with Gasteiger partial charge >= 0.3 is 0 Å². The number of nitrogens with one attached hydrogen (secondary N) is 1. The molecule has 3 fully saturated rings. The lowest BCUT2D eigenvalue weighted by atomic mass is 9.95. The lowest BCUT2D eigenvalue weighted by Crippen LogP contribution is -2.49. The Bertz CT molecular complexity index is 440. The molecule has 1 N–H and O–H groups in total. The third-order valence-electron chi connectivity index (χ3n) is 5.17. The quantitative estimate of drug-likeness (QED) is 0.763. The van der Waals surface area contributed by atoms with Crippen molar-refractivity contribution < 1.29 is 14.4 Å². The van der Waals surface area contributed by atoms with Crippen LogP contribution in [0.15, 0.2) is 0 Å². The van der Waals surface area contributed by atoms with Crippen LogP contribution in [-0.4, -0.2) is 60.2 Å². The predicted molar refractivity (Wildman–Crippen MR) is 80.8 cm³/mol. The molecular formula is C16H25N3O3. The molecule has 0 bridgehead atoms. The van der Waals surface area contributed by atoms with Gasteiger partial charge in [0.2, 0.25) is 18.2 Å².